The SMILES string of the molecule is CCCN1CCc2nc(SCC(=O)Nc3cc(C)ccc3C)[nH]c(=O)c2C1. The second kappa shape index (κ2) is 8.71. The first-order valence-electron chi connectivity index (χ1n) is 9.30. The average molecular weight is 387 g/mol. The maximum Gasteiger partial charge on any atom is 0.256 e. The Morgan fingerprint density at radius 1 is 1.37 bits per heavy atom. The van der Waals surface area contributed by atoms with Crippen LogP contribution in [0.5, 0.6) is 0 Å². The molecule has 1 aliphatic heterocycles. The van der Waals surface area contributed by atoms with Crippen LogP contribution in [-0.2, 0) is 17.8 Å². The number of nitrogens with one attached hydrogen (secondary N) is 2. The highest BCUT2D eigenvalue weighted by Crippen LogP contribution is 2.20. The second-order valence-corrected chi connectivity index (χ2v) is 7.94. The molecule has 0 aliphatic carbocycles. The maximum absolute atomic E-state index is 12.4. The Bertz CT molecular complexity index is 894. The molecule has 2 heterocycles. The van der Waals surface area contributed by atoms with Crippen molar-refractivity contribution in [3.05, 3.63) is 50.9 Å². The van der Waals surface area contributed by atoms with Gasteiger partial charge in [-0.05, 0) is 44.0 Å². The summed E-state index contributed by atoms with van der Waals surface area (Å²) in [5.74, 6) is 0.0973. The summed E-state index contributed by atoms with van der Waals surface area (Å²) in [6.45, 7) is 8.67. The highest BCUT2D eigenvalue weighted by Gasteiger charge is 2.20. The summed E-state index contributed by atoms with van der Waals surface area (Å²) in [5.41, 5.74) is 4.49. The fourth-order valence-electron chi connectivity index (χ4n) is 3.22. The molecule has 0 spiro atoms. The molecule has 1 aliphatic rings. The summed E-state index contributed by atoms with van der Waals surface area (Å²) in [4.78, 5) is 34.4. The van der Waals surface area contributed by atoms with Gasteiger partial charge in [0.15, 0.2) is 5.16 Å². The van der Waals surface area contributed by atoms with Crippen molar-refractivity contribution in [3.8, 4) is 0 Å². The van der Waals surface area contributed by atoms with Crippen molar-refractivity contribution in [3.63, 3.8) is 0 Å². The van der Waals surface area contributed by atoms with E-state index in [9.17, 15) is 9.59 Å². The normalized spacial score (nSPS) is 14.0. The number of H-pyrrole nitrogens is 1. The average Bonchev–Trinajstić information content (AvgIpc) is 2.64. The molecule has 0 bridgehead atoms. The number of fused-ring (bicyclic) bond motifs is 1. The molecule has 144 valence electrons. The molecule has 0 radical (unpaired) electrons. The molecule has 0 saturated heterocycles. The van der Waals surface area contributed by atoms with Crippen LogP contribution in [0.3, 0.4) is 0 Å². The van der Waals surface area contributed by atoms with Gasteiger partial charge in [-0.2, -0.15) is 0 Å². The van der Waals surface area contributed by atoms with Gasteiger partial charge in [-0.15, -0.1) is 0 Å². The number of hydrogen-bond donors (Lipinski definition) is 2. The van der Waals surface area contributed by atoms with Gasteiger partial charge >= 0.3 is 0 Å². The lowest BCUT2D eigenvalue weighted by molar-refractivity contribution is -0.113. The van der Waals surface area contributed by atoms with E-state index in [-0.39, 0.29) is 17.2 Å². The predicted octanol–water partition coefficient (Wildman–Crippen LogP) is 2.89. The van der Waals surface area contributed by atoms with Gasteiger partial charge in [0.2, 0.25) is 5.91 Å². The topological polar surface area (TPSA) is 78.1 Å². The molecule has 2 aromatic rings. The van der Waals surface area contributed by atoms with Gasteiger partial charge < -0.3 is 10.3 Å². The predicted molar refractivity (Wildman–Crippen MR) is 109 cm³/mol. The quantitative estimate of drug-likeness (QED) is 0.590. The van der Waals surface area contributed by atoms with Gasteiger partial charge in [0, 0.05) is 25.2 Å². The number of carbonyl (C=O) groups excluding carboxylic acids is 1. The summed E-state index contributed by atoms with van der Waals surface area (Å²) in [6.07, 6.45) is 1.85. The fourth-order valence-corrected chi connectivity index (χ4v) is 3.90. The highest BCUT2D eigenvalue weighted by atomic mass is 32.2. The largest absolute Gasteiger partial charge is 0.325 e. The minimum absolute atomic E-state index is 0.0850. The zero-order chi connectivity index (χ0) is 19.4. The van der Waals surface area contributed by atoms with Gasteiger partial charge in [-0.1, -0.05) is 30.8 Å². The zero-order valence-electron chi connectivity index (χ0n) is 16.1. The molecular weight excluding hydrogens is 360 g/mol. The van der Waals surface area contributed by atoms with Crippen LogP contribution in [0.2, 0.25) is 0 Å². The van der Waals surface area contributed by atoms with E-state index in [1.54, 1.807) is 0 Å². The van der Waals surface area contributed by atoms with Crippen LogP contribution >= 0.6 is 11.8 Å². The third-order valence-corrected chi connectivity index (χ3v) is 5.55. The Morgan fingerprint density at radius 3 is 2.96 bits per heavy atom. The third-order valence-electron chi connectivity index (χ3n) is 4.67. The summed E-state index contributed by atoms with van der Waals surface area (Å²) in [6, 6.07) is 5.96. The van der Waals surface area contributed by atoms with E-state index in [0.717, 1.165) is 54.0 Å². The lowest BCUT2D eigenvalue weighted by Crippen LogP contribution is -2.36. The standard InChI is InChI=1S/C20H26N4O2S/c1-4-8-24-9-7-16-15(11-24)19(26)23-20(22-16)27-12-18(25)21-17-10-13(2)5-6-14(17)3/h5-6,10H,4,7-9,11-12H2,1-3H3,(H,21,25)(H,22,23,26). The molecule has 0 fully saturated rings. The molecule has 0 atom stereocenters. The summed E-state index contributed by atoms with van der Waals surface area (Å²) >= 11 is 1.26. The van der Waals surface area contributed by atoms with Crippen LogP contribution in [0.1, 0.15) is 35.7 Å². The summed E-state index contributed by atoms with van der Waals surface area (Å²) < 4.78 is 0. The molecule has 1 aromatic heterocycles. The van der Waals surface area contributed by atoms with Crippen molar-refractivity contribution >= 4 is 23.4 Å². The molecule has 0 saturated carbocycles. The van der Waals surface area contributed by atoms with Crippen LogP contribution in [0.4, 0.5) is 5.69 Å². The Morgan fingerprint density at radius 2 is 2.19 bits per heavy atom. The monoisotopic (exact) mass is 386 g/mol. The molecule has 2 N–H and O–H groups in total. The Labute approximate surface area is 163 Å². The van der Waals surface area contributed by atoms with Crippen molar-refractivity contribution in [2.45, 2.75) is 45.3 Å². The van der Waals surface area contributed by atoms with Crippen LogP contribution in [0.25, 0.3) is 0 Å². The Hall–Kier alpha value is -2.12. The van der Waals surface area contributed by atoms with Gasteiger partial charge in [0.05, 0.1) is 17.0 Å². The van der Waals surface area contributed by atoms with Crippen molar-refractivity contribution in [1.29, 1.82) is 0 Å². The highest BCUT2D eigenvalue weighted by molar-refractivity contribution is 7.99. The first-order valence-corrected chi connectivity index (χ1v) is 10.3. The fraction of sp³-hybridized carbons (Fsp3) is 0.450. The van der Waals surface area contributed by atoms with Gasteiger partial charge in [0.1, 0.15) is 0 Å². The number of thioether (sulfide) groups is 1. The second-order valence-electron chi connectivity index (χ2n) is 6.98. The molecule has 1 aromatic carbocycles. The van der Waals surface area contributed by atoms with E-state index < -0.39 is 0 Å². The van der Waals surface area contributed by atoms with E-state index in [0.29, 0.717) is 11.7 Å². The third kappa shape index (κ3) is 4.99. The Balaban J connectivity index is 1.63. The van der Waals surface area contributed by atoms with E-state index in [1.807, 2.05) is 32.0 Å². The van der Waals surface area contributed by atoms with Crippen molar-refractivity contribution < 1.29 is 4.79 Å². The number of hydrogen-bond acceptors (Lipinski definition) is 5. The number of benzene rings is 1. The maximum atomic E-state index is 12.4. The van der Waals surface area contributed by atoms with E-state index in [2.05, 4.69) is 27.1 Å². The molecule has 0 unspecified atom stereocenters. The van der Waals surface area contributed by atoms with Crippen LogP contribution in [0.15, 0.2) is 28.2 Å². The number of anilines is 1. The minimum atomic E-state index is -0.108. The molecular formula is C20H26N4O2S. The van der Waals surface area contributed by atoms with Crippen molar-refractivity contribution in [2.75, 3.05) is 24.2 Å². The molecule has 27 heavy (non-hydrogen) atoms. The minimum Gasteiger partial charge on any atom is -0.325 e. The number of aryl methyl sites for hydroxylation is 2. The molecule has 6 nitrogen and oxygen atoms in total. The zero-order valence-corrected chi connectivity index (χ0v) is 16.9. The number of aromatic amines is 1. The van der Waals surface area contributed by atoms with Crippen molar-refractivity contribution in [2.24, 2.45) is 0 Å². The van der Waals surface area contributed by atoms with Gasteiger partial charge in [-0.25, -0.2) is 4.98 Å². The summed E-state index contributed by atoms with van der Waals surface area (Å²) in [5, 5.41) is 3.44. The van der Waals surface area contributed by atoms with Crippen LogP contribution < -0.4 is 10.9 Å². The number of nitrogens with zero attached hydrogens (tertiary/aromatic N) is 2. The first kappa shape index (κ1) is 19.6. The van der Waals surface area contributed by atoms with Crippen LogP contribution in [0, 0.1) is 13.8 Å². The van der Waals surface area contributed by atoms with Crippen LogP contribution in [-0.4, -0.2) is 39.6 Å². The molecule has 3 rings (SSSR count). The number of rotatable bonds is 6. The van der Waals surface area contributed by atoms with E-state index in [1.165, 1.54) is 11.8 Å². The smallest absolute Gasteiger partial charge is 0.256 e. The Kier molecular flexibility index (Phi) is 6.34. The van der Waals surface area contributed by atoms with Crippen molar-refractivity contribution in [1.82, 2.24) is 14.9 Å². The van der Waals surface area contributed by atoms with E-state index in [4.69, 9.17) is 0 Å². The molecule has 7 heteroatoms. The lowest BCUT2D eigenvalue weighted by atomic mass is 10.1. The molecule has 1 amide bonds. The number of amides is 1. The van der Waals surface area contributed by atoms with Gasteiger partial charge in [-0.3, -0.25) is 14.5 Å². The number of carbonyl (C=O) groups is 1. The number of aromatic nitrogens is 2. The summed E-state index contributed by atoms with van der Waals surface area (Å²) in [7, 11) is 0. The first-order chi connectivity index (χ1) is 13.0. The van der Waals surface area contributed by atoms with Gasteiger partial charge in [0.25, 0.3) is 5.56 Å². The lowest BCUT2D eigenvalue weighted by Gasteiger charge is -2.27. The van der Waals surface area contributed by atoms with E-state index >= 15 is 0 Å².